The van der Waals surface area contributed by atoms with E-state index < -0.39 is 5.97 Å². The molecular weight excluding hydrogens is 543 g/mol. The van der Waals surface area contributed by atoms with Gasteiger partial charge in [-0.1, -0.05) is 28.4 Å². The van der Waals surface area contributed by atoms with Crippen molar-refractivity contribution in [1.29, 1.82) is 0 Å². The number of aromatic nitrogens is 4. The van der Waals surface area contributed by atoms with E-state index in [1.807, 2.05) is 0 Å². The van der Waals surface area contributed by atoms with Gasteiger partial charge in [0.1, 0.15) is 11.5 Å². The van der Waals surface area contributed by atoms with Crippen molar-refractivity contribution in [2.24, 2.45) is 5.41 Å². The third kappa shape index (κ3) is 4.72. The van der Waals surface area contributed by atoms with Crippen LogP contribution >= 0.6 is 23.2 Å². The summed E-state index contributed by atoms with van der Waals surface area (Å²) in [5.41, 5.74) is 2.31. The summed E-state index contributed by atoms with van der Waals surface area (Å²) in [4.78, 5) is 15.7. The number of rotatable bonds is 10. The number of carboxylic acids is 1. The van der Waals surface area contributed by atoms with Crippen molar-refractivity contribution in [3.8, 4) is 17.1 Å². The van der Waals surface area contributed by atoms with Crippen LogP contribution in [0.3, 0.4) is 0 Å². The largest absolute Gasteiger partial charge is 0.477 e. The Morgan fingerprint density at radius 3 is 2.38 bits per heavy atom. The SMILES string of the molecule is O=C(O)c1cc(OCC23CCC(OCc4c(-c5c(Cl)cncc5Cl)noc4C4CC4)(CC2)CC3)nn1C1CC1. The van der Waals surface area contributed by atoms with Crippen LogP contribution in [0, 0.1) is 5.41 Å². The fourth-order valence-corrected chi connectivity index (χ4v) is 6.82. The Kier molecular flexibility index (Phi) is 6.17. The summed E-state index contributed by atoms with van der Waals surface area (Å²) in [7, 11) is 0. The monoisotopic (exact) mass is 572 g/mol. The van der Waals surface area contributed by atoms with Crippen molar-refractivity contribution in [2.45, 2.75) is 88.4 Å². The van der Waals surface area contributed by atoms with Gasteiger partial charge in [-0.2, -0.15) is 0 Å². The molecule has 5 aliphatic carbocycles. The zero-order valence-electron chi connectivity index (χ0n) is 21.5. The first-order chi connectivity index (χ1) is 18.9. The number of pyridine rings is 1. The first-order valence-electron chi connectivity index (χ1n) is 13.7. The molecule has 3 aromatic heterocycles. The molecule has 0 amide bonds. The standard InChI is InChI=1S/C28H30Cl2N4O5/c29-19-12-31-13-20(30)23(19)24-18(25(39-33-24)16-1-2-16)14-38-28-8-5-27(6-9-28,7-10-28)15-37-22-11-21(26(35)36)34(32-22)17-3-4-17/h11-13,16-17H,1-10,14-15H2,(H,35,36). The molecule has 1 N–H and O–H groups in total. The lowest BCUT2D eigenvalue weighted by Crippen LogP contribution is -2.49. The van der Waals surface area contributed by atoms with E-state index in [1.54, 1.807) is 23.1 Å². The second kappa shape index (κ2) is 9.49. The molecule has 8 rings (SSSR count). The van der Waals surface area contributed by atoms with Gasteiger partial charge in [0.15, 0.2) is 5.69 Å². The molecule has 11 heteroatoms. The van der Waals surface area contributed by atoms with Crippen molar-refractivity contribution >= 4 is 29.2 Å². The number of ether oxygens (including phenoxy) is 2. The molecule has 9 nitrogen and oxygen atoms in total. The summed E-state index contributed by atoms with van der Waals surface area (Å²) in [6, 6.07) is 1.75. The quantitative estimate of drug-likeness (QED) is 0.281. The van der Waals surface area contributed by atoms with Crippen LogP contribution in [-0.2, 0) is 11.3 Å². The third-order valence-corrected chi connectivity index (χ3v) is 9.64. The summed E-state index contributed by atoms with van der Waals surface area (Å²) in [5, 5.41) is 19.2. The van der Waals surface area contributed by atoms with Crippen LogP contribution < -0.4 is 4.74 Å². The van der Waals surface area contributed by atoms with Crippen molar-refractivity contribution in [1.82, 2.24) is 19.9 Å². The molecule has 0 atom stereocenters. The molecule has 0 aromatic carbocycles. The topological polar surface area (TPSA) is 112 Å². The average Bonchev–Trinajstić information content (AvgIpc) is 3.88. The number of carboxylic acid groups (broad SMARTS) is 1. The second-order valence-electron chi connectivity index (χ2n) is 11.7. The maximum Gasteiger partial charge on any atom is 0.354 e. The zero-order chi connectivity index (χ0) is 26.8. The van der Waals surface area contributed by atoms with Crippen molar-refractivity contribution in [3.05, 3.63) is 45.5 Å². The van der Waals surface area contributed by atoms with Gasteiger partial charge < -0.3 is 19.1 Å². The maximum absolute atomic E-state index is 11.6. The Bertz CT molecular complexity index is 1380. The summed E-state index contributed by atoms with van der Waals surface area (Å²) in [5.74, 6) is 0.697. The van der Waals surface area contributed by atoms with E-state index in [1.165, 1.54) is 0 Å². The van der Waals surface area contributed by atoms with Crippen molar-refractivity contribution in [3.63, 3.8) is 0 Å². The maximum atomic E-state index is 11.6. The number of halogens is 2. The minimum Gasteiger partial charge on any atom is -0.477 e. The van der Waals surface area contributed by atoms with Gasteiger partial charge in [0.25, 0.3) is 0 Å². The van der Waals surface area contributed by atoms with E-state index >= 15 is 0 Å². The molecule has 5 fully saturated rings. The van der Waals surface area contributed by atoms with Crippen molar-refractivity contribution < 1.29 is 23.9 Å². The molecule has 5 aliphatic rings. The van der Waals surface area contributed by atoms with E-state index in [0.717, 1.165) is 75.5 Å². The molecule has 39 heavy (non-hydrogen) atoms. The third-order valence-electron chi connectivity index (χ3n) is 9.06. The molecule has 5 saturated carbocycles. The van der Waals surface area contributed by atoms with Crippen LogP contribution in [-0.4, -0.2) is 43.2 Å². The summed E-state index contributed by atoms with van der Waals surface area (Å²) in [6.45, 7) is 0.949. The molecule has 0 aliphatic heterocycles. The highest BCUT2D eigenvalue weighted by atomic mass is 35.5. The molecule has 206 valence electrons. The van der Waals surface area contributed by atoms with E-state index in [-0.39, 0.29) is 22.8 Å². The van der Waals surface area contributed by atoms with Gasteiger partial charge in [-0.05, 0) is 64.2 Å². The van der Waals surface area contributed by atoms with Gasteiger partial charge in [-0.3, -0.25) is 9.67 Å². The molecule has 3 aromatic rings. The van der Waals surface area contributed by atoms with Gasteiger partial charge in [0.05, 0.1) is 34.9 Å². The van der Waals surface area contributed by atoms with E-state index in [0.29, 0.717) is 46.3 Å². The van der Waals surface area contributed by atoms with E-state index in [4.69, 9.17) is 37.2 Å². The minimum absolute atomic E-state index is 0.0669. The molecule has 0 radical (unpaired) electrons. The fraction of sp³-hybridized carbons (Fsp3) is 0.571. The predicted octanol–water partition coefficient (Wildman–Crippen LogP) is 6.84. The second-order valence-corrected chi connectivity index (χ2v) is 12.5. The highest BCUT2D eigenvalue weighted by molar-refractivity contribution is 6.38. The predicted molar refractivity (Wildman–Crippen MR) is 142 cm³/mol. The molecule has 3 heterocycles. The number of fused-ring (bicyclic) bond motifs is 3. The first kappa shape index (κ1) is 25.4. The molecule has 0 saturated heterocycles. The summed E-state index contributed by atoms with van der Waals surface area (Å²) < 4.78 is 20.3. The lowest BCUT2D eigenvalue weighted by Gasteiger charge is -2.52. The van der Waals surface area contributed by atoms with Gasteiger partial charge in [-0.25, -0.2) is 4.79 Å². The van der Waals surface area contributed by atoms with E-state index in [2.05, 4.69) is 15.2 Å². The molecule has 0 spiro atoms. The number of hydrogen-bond acceptors (Lipinski definition) is 7. The van der Waals surface area contributed by atoms with Gasteiger partial charge in [0, 0.05) is 40.9 Å². The van der Waals surface area contributed by atoms with Crippen LogP contribution in [0.15, 0.2) is 23.0 Å². The molecule has 2 bridgehead atoms. The Morgan fingerprint density at radius 1 is 1.08 bits per heavy atom. The minimum atomic E-state index is -0.964. The van der Waals surface area contributed by atoms with Gasteiger partial charge in [0.2, 0.25) is 5.88 Å². The fourth-order valence-electron chi connectivity index (χ4n) is 6.28. The van der Waals surface area contributed by atoms with Crippen LogP contribution in [0.5, 0.6) is 5.88 Å². The van der Waals surface area contributed by atoms with Crippen LogP contribution in [0.25, 0.3) is 11.3 Å². The van der Waals surface area contributed by atoms with Gasteiger partial charge >= 0.3 is 5.97 Å². The van der Waals surface area contributed by atoms with E-state index in [9.17, 15) is 9.90 Å². The Hall–Kier alpha value is -2.62. The normalized spacial score (nSPS) is 26.2. The molecule has 0 unspecified atom stereocenters. The zero-order valence-corrected chi connectivity index (χ0v) is 23.0. The van der Waals surface area contributed by atoms with Crippen LogP contribution in [0.2, 0.25) is 10.0 Å². The Morgan fingerprint density at radius 2 is 1.77 bits per heavy atom. The lowest BCUT2D eigenvalue weighted by molar-refractivity contribution is -0.150. The number of nitrogens with zero attached hydrogens (tertiary/aromatic N) is 4. The average molecular weight is 573 g/mol. The number of carbonyl (C=O) groups is 1. The summed E-state index contributed by atoms with van der Waals surface area (Å²) >= 11 is 12.9. The van der Waals surface area contributed by atoms with Gasteiger partial charge in [-0.15, -0.1) is 5.10 Å². The smallest absolute Gasteiger partial charge is 0.354 e. The summed E-state index contributed by atoms with van der Waals surface area (Å²) in [6.07, 6.45) is 13.1. The highest BCUT2D eigenvalue weighted by Gasteiger charge is 2.50. The Balaban J connectivity index is 1.03. The van der Waals surface area contributed by atoms with Crippen LogP contribution in [0.4, 0.5) is 0 Å². The lowest BCUT2D eigenvalue weighted by atomic mass is 9.59. The highest BCUT2D eigenvalue weighted by Crippen LogP contribution is 2.55. The number of aromatic carboxylic acids is 1. The Labute approximate surface area is 235 Å². The van der Waals surface area contributed by atoms with Crippen LogP contribution in [0.1, 0.15) is 98.0 Å². The number of hydrogen-bond donors (Lipinski definition) is 1. The molecular formula is C28H30Cl2N4O5. The first-order valence-corrected chi connectivity index (χ1v) is 14.5. The van der Waals surface area contributed by atoms with Crippen molar-refractivity contribution in [2.75, 3.05) is 6.61 Å².